The molecule has 1 aliphatic heterocycles. The second-order valence-electron chi connectivity index (χ2n) is 3.63. The molecule has 0 amide bonds. The van der Waals surface area contributed by atoms with Crippen LogP contribution in [0.3, 0.4) is 0 Å². The Morgan fingerprint density at radius 1 is 1.43 bits per heavy atom. The molecule has 0 aromatic carbocycles. The minimum atomic E-state index is -2.87. The van der Waals surface area contributed by atoms with Gasteiger partial charge in [0.15, 0.2) is 9.84 Å². The van der Waals surface area contributed by atoms with Gasteiger partial charge in [-0.1, -0.05) is 0 Å². The summed E-state index contributed by atoms with van der Waals surface area (Å²) in [4.78, 5) is 12.3. The van der Waals surface area contributed by atoms with E-state index in [0.717, 1.165) is 0 Å². The van der Waals surface area contributed by atoms with Crippen LogP contribution in [0.2, 0.25) is 0 Å². The van der Waals surface area contributed by atoms with Crippen molar-refractivity contribution in [3.05, 3.63) is 0 Å². The van der Waals surface area contributed by atoms with Gasteiger partial charge in [0, 0.05) is 19.1 Å². The molecule has 5 nitrogen and oxygen atoms in total. The van der Waals surface area contributed by atoms with Gasteiger partial charge in [-0.25, -0.2) is 8.42 Å². The van der Waals surface area contributed by atoms with Crippen LogP contribution in [0.4, 0.5) is 0 Å². The van der Waals surface area contributed by atoms with Gasteiger partial charge < -0.3 is 5.11 Å². The number of sulfone groups is 1. The Morgan fingerprint density at radius 2 is 1.93 bits per heavy atom. The number of carboxylic acids is 1. The maximum Gasteiger partial charge on any atom is 0.304 e. The van der Waals surface area contributed by atoms with Crippen molar-refractivity contribution < 1.29 is 18.3 Å². The summed E-state index contributed by atoms with van der Waals surface area (Å²) < 4.78 is 22.2. The molecule has 1 atom stereocenters. The summed E-state index contributed by atoms with van der Waals surface area (Å²) in [5, 5.41) is 8.57. The first-order valence-corrected chi connectivity index (χ1v) is 6.39. The second-order valence-corrected chi connectivity index (χ2v) is 5.94. The van der Waals surface area contributed by atoms with E-state index in [1.54, 1.807) is 0 Å². The Kier molecular flexibility index (Phi) is 3.49. The Labute approximate surface area is 83.6 Å². The lowest BCUT2D eigenvalue weighted by atomic mass is 10.2. The topological polar surface area (TPSA) is 74.7 Å². The van der Waals surface area contributed by atoms with Gasteiger partial charge in [0.25, 0.3) is 0 Å². The highest BCUT2D eigenvalue weighted by Gasteiger charge is 2.25. The summed E-state index contributed by atoms with van der Waals surface area (Å²) in [6, 6.07) is -0.0806. The molecule has 0 spiro atoms. The lowest BCUT2D eigenvalue weighted by Gasteiger charge is -2.31. The van der Waals surface area contributed by atoms with E-state index in [4.69, 9.17) is 5.11 Å². The zero-order valence-corrected chi connectivity index (χ0v) is 8.96. The fourth-order valence-corrected chi connectivity index (χ4v) is 2.78. The summed E-state index contributed by atoms with van der Waals surface area (Å²) in [6.45, 7) is 2.72. The van der Waals surface area contributed by atoms with Crippen LogP contribution < -0.4 is 0 Å². The number of rotatable bonds is 3. The van der Waals surface area contributed by atoms with Crippen molar-refractivity contribution in [1.82, 2.24) is 4.90 Å². The third-order valence-corrected chi connectivity index (χ3v) is 4.08. The highest BCUT2D eigenvalue weighted by molar-refractivity contribution is 7.91. The third-order valence-electron chi connectivity index (χ3n) is 2.47. The normalized spacial score (nSPS) is 24.4. The summed E-state index contributed by atoms with van der Waals surface area (Å²) >= 11 is 0. The molecule has 1 aliphatic rings. The lowest BCUT2D eigenvalue weighted by molar-refractivity contribution is -0.138. The van der Waals surface area contributed by atoms with Crippen LogP contribution in [0.25, 0.3) is 0 Å². The van der Waals surface area contributed by atoms with E-state index in [9.17, 15) is 13.2 Å². The Bertz CT molecular complexity index is 297. The Balaban J connectivity index is 2.45. The van der Waals surface area contributed by atoms with Crippen LogP contribution in [0.15, 0.2) is 0 Å². The molecule has 1 fully saturated rings. The molecule has 0 aromatic rings. The first kappa shape index (κ1) is 11.5. The van der Waals surface area contributed by atoms with Crippen molar-refractivity contribution in [2.45, 2.75) is 19.4 Å². The predicted octanol–water partition coefficient (Wildman–Crippen LogP) is -0.420. The fraction of sp³-hybridized carbons (Fsp3) is 0.875. The van der Waals surface area contributed by atoms with E-state index in [1.807, 2.05) is 11.8 Å². The first-order chi connectivity index (χ1) is 6.41. The van der Waals surface area contributed by atoms with Gasteiger partial charge in [-0.05, 0) is 6.92 Å². The molecular weight excluding hydrogens is 206 g/mol. The van der Waals surface area contributed by atoms with Crippen molar-refractivity contribution in [1.29, 1.82) is 0 Å². The monoisotopic (exact) mass is 221 g/mol. The van der Waals surface area contributed by atoms with Crippen LogP contribution in [0.5, 0.6) is 0 Å². The van der Waals surface area contributed by atoms with Crippen molar-refractivity contribution in [2.24, 2.45) is 0 Å². The van der Waals surface area contributed by atoms with Crippen molar-refractivity contribution in [3.8, 4) is 0 Å². The van der Waals surface area contributed by atoms with Crippen LogP contribution in [0.1, 0.15) is 13.3 Å². The largest absolute Gasteiger partial charge is 0.481 e. The molecule has 0 aliphatic carbocycles. The molecule has 1 unspecified atom stereocenters. The molecule has 0 saturated carbocycles. The second kappa shape index (κ2) is 4.27. The van der Waals surface area contributed by atoms with E-state index in [1.165, 1.54) is 0 Å². The maximum absolute atomic E-state index is 11.1. The van der Waals surface area contributed by atoms with Gasteiger partial charge in [0.2, 0.25) is 0 Å². The molecule has 1 heterocycles. The van der Waals surface area contributed by atoms with Crippen LogP contribution >= 0.6 is 0 Å². The van der Waals surface area contributed by atoms with E-state index >= 15 is 0 Å². The summed E-state index contributed by atoms with van der Waals surface area (Å²) in [5.41, 5.74) is 0. The van der Waals surface area contributed by atoms with E-state index < -0.39 is 15.8 Å². The molecule has 0 bridgehead atoms. The molecule has 14 heavy (non-hydrogen) atoms. The van der Waals surface area contributed by atoms with E-state index in [2.05, 4.69) is 0 Å². The highest BCUT2D eigenvalue weighted by atomic mass is 32.2. The highest BCUT2D eigenvalue weighted by Crippen LogP contribution is 2.10. The standard InChI is InChI=1S/C8H15NO4S/c1-7(6-8(10)11)9-2-4-14(12,13)5-3-9/h7H,2-6H2,1H3,(H,10,11). The number of carbonyl (C=O) groups is 1. The third kappa shape index (κ3) is 3.26. The number of nitrogens with zero attached hydrogens (tertiary/aromatic N) is 1. The smallest absolute Gasteiger partial charge is 0.304 e. The average molecular weight is 221 g/mol. The summed E-state index contributed by atoms with van der Waals surface area (Å²) in [6.07, 6.45) is 0.0695. The summed E-state index contributed by atoms with van der Waals surface area (Å²) in [5.74, 6) is -0.542. The van der Waals surface area contributed by atoms with Gasteiger partial charge in [0.05, 0.1) is 17.9 Å². The zero-order chi connectivity index (χ0) is 10.8. The number of hydrogen-bond acceptors (Lipinski definition) is 4. The maximum atomic E-state index is 11.1. The van der Waals surface area contributed by atoms with E-state index in [0.29, 0.717) is 13.1 Å². The van der Waals surface area contributed by atoms with Crippen molar-refractivity contribution in [2.75, 3.05) is 24.6 Å². The number of aliphatic carboxylic acids is 1. The van der Waals surface area contributed by atoms with Crippen molar-refractivity contribution >= 4 is 15.8 Å². The molecule has 1 saturated heterocycles. The molecule has 1 N–H and O–H groups in total. The SMILES string of the molecule is CC(CC(=O)O)N1CCS(=O)(=O)CC1. The van der Waals surface area contributed by atoms with Crippen LogP contribution in [-0.4, -0.2) is 55.0 Å². The minimum absolute atomic E-state index is 0.0695. The van der Waals surface area contributed by atoms with Crippen molar-refractivity contribution in [3.63, 3.8) is 0 Å². The first-order valence-electron chi connectivity index (χ1n) is 4.57. The van der Waals surface area contributed by atoms with Gasteiger partial charge in [-0.15, -0.1) is 0 Å². The molecular formula is C8H15NO4S. The van der Waals surface area contributed by atoms with Crippen LogP contribution in [-0.2, 0) is 14.6 Å². The fourth-order valence-electron chi connectivity index (χ4n) is 1.55. The molecule has 0 aromatic heterocycles. The minimum Gasteiger partial charge on any atom is -0.481 e. The zero-order valence-electron chi connectivity index (χ0n) is 8.14. The predicted molar refractivity (Wildman–Crippen MR) is 51.9 cm³/mol. The molecule has 0 radical (unpaired) electrons. The van der Waals surface area contributed by atoms with E-state index in [-0.39, 0.29) is 24.0 Å². The van der Waals surface area contributed by atoms with Crippen LogP contribution in [0, 0.1) is 0 Å². The van der Waals surface area contributed by atoms with Gasteiger partial charge in [0.1, 0.15) is 0 Å². The molecule has 6 heteroatoms. The van der Waals surface area contributed by atoms with Gasteiger partial charge in [-0.2, -0.15) is 0 Å². The number of hydrogen-bond donors (Lipinski definition) is 1. The molecule has 82 valence electrons. The summed E-state index contributed by atoms with van der Waals surface area (Å²) in [7, 11) is -2.87. The van der Waals surface area contributed by atoms with Gasteiger partial charge >= 0.3 is 5.97 Å². The number of carboxylic acid groups (broad SMARTS) is 1. The Hall–Kier alpha value is -0.620. The lowest BCUT2D eigenvalue weighted by Crippen LogP contribution is -2.45. The Morgan fingerprint density at radius 3 is 2.36 bits per heavy atom. The average Bonchev–Trinajstić information content (AvgIpc) is 2.02. The van der Waals surface area contributed by atoms with Gasteiger partial charge in [-0.3, -0.25) is 9.69 Å². The quantitative estimate of drug-likeness (QED) is 0.700. The molecule has 1 rings (SSSR count).